The van der Waals surface area contributed by atoms with Gasteiger partial charge in [-0.25, -0.2) is 8.42 Å². The van der Waals surface area contributed by atoms with Gasteiger partial charge in [-0.15, -0.1) is 0 Å². The second-order valence-electron chi connectivity index (χ2n) is 6.29. The van der Waals surface area contributed by atoms with Crippen LogP contribution in [0.25, 0.3) is 0 Å². The molecule has 1 heterocycles. The van der Waals surface area contributed by atoms with Gasteiger partial charge in [-0.3, -0.25) is 4.79 Å². The van der Waals surface area contributed by atoms with Crippen molar-refractivity contribution in [2.24, 2.45) is 0 Å². The molecular weight excluding hydrogens is 312 g/mol. The number of nitrogens with zero attached hydrogens (tertiary/aromatic N) is 1. The van der Waals surface area contributed by atoms with Gasteiger partial charge >= 0.3 is 0 Å². The molecule has 0 aromatic heterocycles. The van der Waals surface area contributed by atoms with Crippen molar-refractivity contribution in [3.63, 3.8) is 0 Å². The summed E-state index contributed by atoms with van der Waals surface area (Å²) in [5.74, 6) is -0.0543. The molecule has 23 heavy (non-hydrogen) atoms. The zero-order valence-electron chi connectivity index (χ0n) is 14.1. The number of hydrogen-bond acceptors (Lipinski definition) is 3. The number of nitrogens with one attached hydrogen (secondary N) is 1. The summed E-state index contributed by atoms with van der Waals surface area (Å²) in [6, 6.07) is 6.50. The van der Waals surface area contributed by atoms with E-state index in [1.54, 1.807) is 28.6 Å². The molecule has 2 rings (SSSR count). The Balaban J connectivity index is 2.18. The third-order valence-electron chi connectivity index (χ3n) is 4.30. The van der Waals surface area contributed by atoms with Gasteiger partial charge in [0, 0.05) is 24.2 Å². The maximum atomic E-state index is 12.9. The lowest BCUT2D eigenvalue weighted by atomic mass is 10.0. The Bertz CT molecular complexity index is 630. The number of sulfonamides is 1. The average molecular weight is 338 g/mol. The number of carbonyl (C=O) groups is 1. The number of carbonyl (C=O) groups excluding carboxylic acids is 1. The topological polar surface area (TPSA) is 66.5 Å². The van der Waals surface area contributed by atoms with Crippen LogP contribution < -0.4 is 5.32 Å². The largest absolute Gasteiger partial charge is 0.326 e. The first kappa shape index (κ1) is 17.9. The molecule has 0 aliphatic carbocycles. The summed E-state index contributed by atoms with van der Waals surface area (Å²) < 4.78 is 27.4. The van der Waals surface area contributed by atoms with Crippen molar-refractivity contribution in [3.05, 3.63) is 24.3 Å². The van der Waals surface area contributed by atoms with Crippen molar-refractivity contribution in [1.29, 1.82) is 0 Å². The highest BCUT2D eigenvalue weighted by Gasteiger charge is 2.35. The second kappa shape index (κ2) is 7.45. The van der Waals surface area contributed by atoms with E-state index < -0.39 is 10.0 Å². The Morgan fingerprint density at radius 3 is 2.26 bits per heavy atom. The van der Waals surface area contributed by atoms with E-state index in [1.807, 2.05) is 20.8 Å². The van der Waals surface area contributed by atoms with Crippen molar-refractivity contribution in [2.75, 3.05) is 5.32 Å². The molecule has 1 aromatic rings. The van der Waals surface area contributed by atoms with E-state index in [-0.39, 0.29) is 22.9 Å². The van der Waals surface area contributed by atoms with Gasteiger partial charge in [0.1, 0.15) is 0 Å². The fourth-order valence-corrected chi connectivity index (χ4v) is 5.04. The van der Waals surface area contributed by atoms with Crippen LogP contribution in [0.3, 0.4) is 0 Å². The van der Waals surface area contributed by atoms with Gasteiger partial charge in [-0.05, 0) is 57.4 Å². The van der Waals surface area contributed by atoms with Crippen LogP contribution in [0.1, 0.15) is 52.9 Å². The molecule has 0 radical (unpaired) electrons. The van der Waals surface area contributed by atoms with Crippen molar-refractivity contribution in [2.45, 2.75) is 69.9 Å². The van der Waals surface area contributed by atoms with E-state index in [9.17, 15) is 13.2 Å². The SMILES string of the molecule is CCCC(=O)Nc1ccc(S(=O)(=O)N2[C@H](C)CCC[C@@H]2C)cc1. The lowest BCUT2D eigenvalue weighted by molar-refractivity contribution is -0.116. The Hall–Kier alpha value is -1.40. The molecule has 1 saturated heterocycles. The van der Waals surface area contributed by atoms with Gasteiger partial charge in [-0.1, -0.05) is 13.3 Å². The zero-order chi connectivity index (χ0) is 17.0. The molecule has 0 spiro atoms. The molecule has 1 amide bonds. The molecule has 0 unspecified atom stereocenters. The first-order valence-corrected chi connectivity index (χ1v) is 9.73. The first-order chi connectivity index (χ1) is 10.9. The lowest BCUT2D eigenvalue weighted by Crippen LogP contribution is -2.47. The van der Waals surface area contributed by atoms with Crippen LogP contribution in [-0.4, -0.2) is 30.7 Å². The smallest absolute Gasteiger partial charge is 0.243 e. The highest BCUT2D eigenvalue weighted by molar-refractivity contribution is 7.89. The molecule has 5 nitrogen and oxygen atoms in total. The van der Waals surface area contributed by atoms with Crippen LogP contribution in [0, 0.1) is 0 Å². The van der Waals surface area contributed by atoms with E-state index >= 15 is 0 Å². The third kappa shape index (κ3) is 4.12. The number of benzene rings is 1. The Morgan fingerprint density at radius 2 is 1.74 bits per heavy atom. The Labute approximate surface area is 139 Å². The minimum absolute atomic E-state index is 0.0210. The van der Waals surface area contributed by atoms with Crippen molar-refractivity contribution >= 4 is 21.6 Å². The van der Waals surface area contributed by atoms with Crippen LogP contribution in [0.4, 0.5) is 5.69 Å². The minimum Gasteiger partial charge on any atom is -0.326 e. The van der Waals surface area contributed by atoms with Gasteiger partial charge in [0.15, 0.2) is 0 Å². The minimum atomic E-state index is -3.50. The number of hydrogen-bond donors (Lipinski definition) is 1. The highest BCUT2D eigenvalue weighted by atomic mass is 32.2. The normalized spacial score (nSPS) is 22.7. The zero-order valence-corrected chi connectivity index (χ0v) is 14.9. The van der Waals surface area contributed by atoms with Gasteiger partial charge < -0.3 is 5.32 Å². The van der Waals surface area contributed by atoms with Gasteiger partial charge in [-0.2, -0.15) is 4.31 Å². The summed E-state index contributed by atoms with van der Waals surface area (Å²) in [7, 11) is -3.50. The number of anilines is 1. The maximum Gasteiger partial charge on any atom is 0.243 e. The van der Waals surface area contributed by atoms with Crippen LogP contribution in [0.15, 0.2) is 29.2 Å². The summed E-state index contributed by atoms with van der Waals surface area (Å²) in [6.07, 6.45) is 4.10. The monoisotopic (exact) mass is 338 g/mol. The molecule has 128 valence electrons. The average Bonchev–Trinajstić information content (AvgIpc) is 2.47. The van der Waals surface area contributed by atoms with Gasteiger partial charge in [0.05, 0.1) is 4.90 Å². The van der Waals surface area contributed by atoms with Gasteiger partial charge in [0.2, 0.25) is 15.9 Å². The van der Waals surface area contributed by atoms with E-state index in [0.29, 0.717) is 12.1 Å². The van der Waals surface area contributed by atoms with Crippen LogP contribution >= 0.6 is 0 Å². The summed E-state index contributed by atoms with van der Waals surface area (Å²) in [6.45, 7) is 5.87. The summed E-state index contributed by atoms with van der Waals surface area (Å²) >= 11 is 0. The molecule has 2 atom stereocenters. The number of amides is 1. The van der Waals surface area contributed by atoms with Crippen LogP contribution in [-0.2, 0) is 14.8 Å². The maximum absolute atomic E-state index is 12.9. The predicted molar refractivity (Wildman–Crippen MR) is 91.8 cm³/mol. The summed E-state index contributed by atoms with van der Waals surface area (Å²) in [5.41, 5.74) is 0.627. The molecule has 1 N–H and O–H groups in total. The number of rotatable bonds is 5. The van der Waals surface area contributed by atoms with E-state index in [2.05, 4.69) is 5.32 Å². The third-order valence-corrected chi connectivity index (χ3v) is 6.45. The molecule has 1 aliphatic rings. The predicted octanol–water partition coefficient (Wildman–Crippen LogP) is 3.38. The van der Waals surface area contributed by atoms with Crippen molar-refractivity contribution in [3.8, 4) is 0 Å². The second-order valence-corrected chi connectivity index (χ2v) is 8.13. The lowest BCUT2D eigenvalue weighted by Gasteiger charge is -2.37. The van der Waals surface area contributed by atoms with Crippen molar-refractivity contribution < 1.29 is 13.2 Å². The highest BCUT2D eigenvalue weighted by Crippen LogP contribution is 2.29. The molecule has 1 aliphatic heterocycles. The summed E-state index contributed by atoms with van der Waals surface area (Å²) in [4.78, 5) is 11.9. The molecule has 1 aromatic carbocycles. The van der Waals surface area contributed by atoms with Crippen LogP contribution in [0.5, 0.6) is 0 Å². The van der Waals surface area contributed by atoms with E-state index in [0.717, 1.165) is 25.7 Å². The molecule has 0 saturated carbocycles. The molecular formula is C17H26N2O3S. The molecule has 1 fully saturated rings. The standard InChI is InChI=1S/C17H26N2O3S/c1-4-6-17(20)18-15-9-11-16(12-10-15)23(21,22)19-13(2)7-5-8-14(19)3/h9-14H,4-8H2,1-3H3,(H,18,20)/t13-,14+. The fraction of sp³-hybridized carbons (Fsp3) is 0.588. The fourth-order valence-electron chi connectivity index (χ4n) is 3.15. The Kier molecular flexibility index (Phi) is 5.81. The first-order valence-electron chi connectivity index (χ1n) is 8.29. The Morgan fingerprint density at radius 1 is 1.17 bits per heavy atom. The number of piperidine rings is 1. The molecule has 0 bridgehead atoms. The van der Waals surface area contributed by atoms with E-state index in [1.165, 1.54) is 0 Å². The quantitative estimate of drug-likeness (QED) is 0.895. The molecule has 6 heteroatoms. The van der Waals surface area contributed by atoms with Gasteiger partial charge in [0.25, 0.3) is 0 Å². The van der Waals surface area contributed by atoms with Crippen molar-refractivity contribution in [1.82, 2.24) is 4.31 Å². The van der Waals surface area contributed by atoms with Crippen LogP contribution in [0.2, 0.25) is 0 Å². The van der Waals surface area contributed by atoms with E-state index in [4.69, 9.17) is 0 Å². The summed E-state index contributed by atoms with van der Waals surface area (Å²) in [5, 5.41) is 2.77.